The van der Waals surface area contributed by atoms with Gasteiger partial charge in [0, 0.05) is 6.54 Å². The second kappa shape index (κ2) is 7.85. The van der Waals surface area contributed by atoms with Gasteiger partial charge in [-0.2, -0.15) is 0 Å². The summed E-state index contributed by atoms with van der Waals surface area (Å²) in [5, 5.41) is 12.5. The Morgan fingerprint density at radius 2 is 1.89 bits per heavy atom. The van der Waals surface area contributed by atoms with E-state index in [1.807, 2.05) is 0 Å². The zero-order chi connectivity index (χ0) is 13.5. The van der Waals surface area contributed by atoms with E-state index in [4.69, 9.17) is 4.74 Å². The molecule has 2 fully saturated rings. The van der Waals surface area contributed by atoms with Gasteiger partial charge in [0.05, 0.1) is 12.2 Å². The smallest absolute Gasteiger partial charge is 0.246 e. The lowest BCUT2D eigenvalue weighted by Gasteiger charge is -2.26. The largest absolute Gasteiger partial charge is 0.393 e. The van der Waals surface area contributed by atoms with Crippen LogP contribution in [0.4, 0.5) is 0 Å². The minimum atomic E-state index is -0.172. The van der Waals surface area contributed by atoms with Crippen LogP contribution in [0.1, 0.15) is 57.8 Å². The lowest BCUT2D eigenvalue weighted by Crippen LogP contribution is -2.36. The van der Waals surface area contributed by atoms with Crippen molar-refractivity contribution >= 4 is 5.91 Å². The summed E-state index contributed by atoms with van der Waals surface area (Å²) in [5.74, 6) is 0.424. The second-order valence-corrected chi connectivity index (χ2v) is 6.06. The van der Waals surface area contributed by atoms with Gasteiger partial charge in [-0.05, 0) is 38.0 Å². The van der Waals surface area contributed by atoms with E-state index in [0.717, 1.165) is 38.5 Å². The molecule has 2 atom stereocenters. The first-order chi connectivity index (χ1) is 9.24. The predicted molar refractivity (Wildman–Crippen MR) is 73.8 cm³/mol. The molecule has 2 saturated carbocycles. The van der Waals surface area contributed by atoms with Crippen LogP contribution in [-0.4, -0.2) is 36.4 Å². The maximum atomic E-state index is 11.7. The van der Waals surface area contributed by atoms with E-state index >= 15 is 0 Å². The molecule has 4 nitrogen and oxygen atoms in total. The molecule has 2 rings (SSSR count). The first kappa shape index (κ1) is 14.8. The Labute approximate surface area is 115 Å². The Morgan fingerprint density at radius 3 is 2.63 bits per heavy atom. The van der Waals surface area contributed by atoms with E-state index < -0.39 is 0 Å². The fraction of sp³-hybridized carbons (Fsp3) is 0.933. The topological polar surface area (TPSA) is 58.6 Å². The number of carbonyl (C=O) groups is 1. The maximum absolute atomic E-state index is 11.7. The molecular formula is C15H27NO3. The Kier molecular flexibility index (Phi) is 6.11. The molecule has 2 aliphatic rings. The number of hydrogen-bond acceptors (Lipinski definition) is 3. The summed E-state index contributed by atoms with van der Waals surface area (Å²) in [6, 6.07) is 0. The summed E-state index contributed by atoms with van der Waals surface area (Å²) < 4.78 is 5.64. The van der Waals surface area contributed by atoms with Crippen molar-refractivity contribution in [3.8, 4) is 0 Å². The summed E-state index contributed by atoms with van der Waals surface area (Å²) in [5.41, 5.74) is 0. The minimum Gasteiger partial charge on any atom is -0.393 e. The van der Waals surface area contributed by atoms with Crippen LogP contribution in [0.25, 0.3) is 0 Å². The Bertz CT molecular complexity index is 277. The number of aliphatic hydroxyl groups excluding tert-OH is 1. The molecule has 0 bridgehead atoms. The van der Waals surface area contributed by atoms with E-state index in [9.17, 15) is 9.90 Å². The van der Waals surface area contributed by atoms with Crippen LogP contribution >= 0.6 is 0 Å². The monoisotopic (exact) mass is 269 g/mol. The summed E-state index contributed by atoms with van der Waals surface area (Å²) in [6.07, 6.45) is 9.99. The van der Waals surface area contributed by atoms with Crippen molar-refractivity contribution in [3.05, 3.63) is 0 Å². The zero-order valence-corrected chi connectivity index (χ0v) is 11.8. The van der Waals surface area contributed by atoms with Crippen LogP contribution in [0.2, 0.25) is 0 Å². The van der Waals surface area contributed by atoms with E-state index in [1.54, 1.807) is 0 Å². The molecule has 0 aromatic heterocycles. The summed E-state index contributed by atoms with van der Waals surface area (Å²) in [6.45, 7) is 0.879. The number of rotatable bonds is 5. The van der Waals surface area contributed by atoms with Gasteiger partial charge in [-0.1, -0.05) is 25.7 Å². The molecule has 0 saturated heterocycles. The lowest BCUT2D eigenvalue weighted by atomic mass is 9.87. The third-order valence-electron chi connectivity index (χ3n) is 4.35. The van der Waals surface area contributed by atoms with Crippen LogP contribution in [0.15, 0.2) is 0 Å². The zero-order valence-electron chi connectivity index (χ0n) is 11.8. The average Bonchev–Trinajstić information content (AvgIpc) is 2.44. The molecular weight excluding hydrogens is 242 g/mol. The standard InChI is InChI=1S/C15H27NO3/c17-13-6-4-5-12(9-13)10-16-15(18)11-19-14-7-2-1-3-8-14/h12-14,17H,1-11H2,(H,16,18). The highest BCUT2D eigenvalue weighted by atomic mass is 16.5. The molecule has 0 aromatic rings. The normalized spacial score (nSPS) is 29.1. The van der Waals surface area contributed by atoms with Crippen molar-refractivity contribution in [2.75, 3.05) is 13.2 Å². The number of amides is 1. The highest BCUT2D eigenvalue weighted by molar-refractivity contribution is 5.77. The van der Waals surface area contributed by atoms with Crippen LogP contribution in [0.5, 0.6) is 0 Å². The number of nitrogens with one attached hydrogen (secondary N) is 1. The molecule has 2 unspecified atom stereocenters. The highest BCUT2D eigenvalue weighted by Gasteiger charge is 2.21. The molecule has 0 aromatic carbocycles. The highest BCUT2D eigenvalue weighted by Crippen LogP contribution is 2.23. The van der Waals surface area contributed by atoms with Crippen LogP contribution in [0.3, 0.4) is 0 Å². The number of hydrogen-bond donors (Lipinski definition) is 2. The predicted octanol–water partition coefficient (Wildman–Crippen LogP) is 2.00. The third kappa shape index (κ3) is 5.49. The van der Waals surface area contributed by atoms with Crippen molar-refractivity contribution in [1.82, 2.24) is 5.32 Å². The minimum absolute atomic E-state index is 0.00867. The number of aliphatic hydroxyl groups is 1. The van der Waals surface area contributed by atoms with E-state index in [2.05, 4.69) is 5.32 Å². The van der Waals surface area contributed by atoms with Gasteiger partial charge < -0.3 is 15.2 Å². The second-order valence-electron chi connectivity index (χ2n) is 6.06. The fourth-order valence-electron chi connectivity index (χ4n) is 3.18. The van der Waals surface area contributed by atoms with Crippen LogP contribution < -0.4 is 5.32 Å². The summed E-state index contributed by atoms with van der Waals surface area (Å²) >= 11 is 0. The lowest BCUT2D eigenvalue weighted by molar-refractivity contribution is -0.128. The molecule has 19 heavy (non-hydrogen) atoms. The van der Waals surface area contributed by atoms with Crippen molar-refractivity contribution in [2.45, 2.75) is 70.0 Å². The Balaban J connectivity index is 1.56. The number of ether oxygens (including phenoxy) is 1. The SMILES string of the molecule is O=C(COC1CCCCC1)NCC1CCCC(O)C1. The molecule has 2 aliphatic carbocycles. The Morgan fingerprint density at radius 1 is 1.11 bits per heavy atom. The fourth-order valence-corrected chi connectivity index (χ4v) is 3.18. The van der Waals surface area contributed by atoms with Gasteiger partial charge in [-0.3, -0.25) is 4.79 Å². The van der Waals surface area contributed by atoms with E-state index in [0.29, 0.717) is 12.5 Å². The molecule has 0 aliphatic heterocycles. The van der Waals surface area contributed by atoms with Gasteiger partial charge in [-0.15, -0.1) is 0 Å². The molecule has 0 heterocycles. The molecule has 1 amide bonds. The van der Waals surface area contributed by atoms with E-state index in [1.165, 1.54) is 19.3 Å². The first-order valence-electron chi connectivity index (χ1n) is 7.80. The van der Waals surface area contributed by atoms with Gasteiger partial charge >= 0.3 is 0 Å². The van der Waals surface area contributed by atoms with Crippen molar-refractivity contribution < 1.29 is 14.6 Å². The summed E-state index contributed by atoms with van der Waals surface area (Å²) in [4.78, 5) is 11.7. The van der Waals surface area contributed by atoms with Gasteiger partial charge in [0.15, 0.2) is 0 Å². The molecule has 0 spiro atoms. The van der Waals surface area contributed by atoms with Crippen LogP contribution in [0, 0.1) is 5.92 Å². The van der Waals surface area contributed by atoms with Gasteiger partial charge in [0.25, 0.3) is 0 Å². The van der Waals surface area contributed by atoms with E-state index in [-0.39, 0.29) is 24.7 Å². The summed E-state index contributed by atoms with van der Waals surface area (Å²) in [7, 11) is 0. The molecule has 2 N–H and O–H groups in total. The molecule has 0 radical (unpaired) electrons. The Hall–Kier alpha value is -0.610. The third-order valence-corrected chi connectivity index (χ3v) is 4.35. The maximum Gasteiger partial charge on any atom is 0.246 e. The van der Waals surface area contributed by atoms with Crippen molar-refractivity contribution in [2.24, 2.45) is 5.92 Å². The molecule has 4 heteroatoms. The van der Waals surface area contributed by atoms with Gasteiger partial charge in [0.2, 0.25) is 5.91 Å². The average molecular weight is 269 g/mol. The molecule has 110 valence electrons. The van der Waals surface area contributed by atoms with Crippen molar-refractivity contribution in [3.63, 3.8) is 0 Å². The first-order valence-corrected chi connectivity index (χ1v) is 7.80. The number of carbonyl (C=O) groups excluding carboxylic acids is 1. The van der Waals surface area contributed by atoms with Gasteiger partial charge in [-0.25, -0.2) is 0 Å². The quantitative estimate of drug-likeness (QED) is 0.802. The van der Waals surface area contributed by atoms with Gasteiger partial charge in [0.1, 0.15) is 6.61 Å². The van der Waals surface area contributed by atoms with Crippen LogP contribution in [-0.2, 0) is 9.53 Å². The van der Waals surface area contributed by atoms with Crippen molar-refractivity contribution in [1.29, 1.82) is 0 Å².